The van der Waals surface area contributed by atoms with E-state index in [1.807, 2.05) is 18.7 Å². The zero-order valence-electron chi connectivity index (χ0n) is 9.08. The van der Waals surface area contributed by atoms with E-state index >= 15 is 0 Å². The van der Waals surface area contributed by atoms with Crippen LogP contribution in [-0.2, 0) is 4.74 Å². The van der Waals surface area contributed by atoms with E-state index in [1.165, 1.54) is 0 Å². The molecule has 4 heteroatoms. The summed E-state index contributed by atoms with van der Waals surface area (Å²) in [7, 11) is 0. The standard InChI is InChI=1S/C11H15NO3/c1-8-7-15-9(2)10(8)11(13)12-3-5-14-6-4-12/h7H,3-6H2,1-2H3. The van der Waals surface area contributed by atoms with Gasteiger partial charge >= 0.3 is 0 Å². The molecule has 1 aromatic heterocycles. The number of ether oxygens (including phenoxy) is 1. The van der Waals surface area contributed by atoms with Gasteiger partial charge in [0.1, 0.15) is 5.76 Å². The van der Waals surface area contributed by atoms with Crippen molar-refractivity contribution in [3.05, 3.63) is 23.2 Å². The number of carbonyl (C=O) groups excluding carboxylic acids is 1. The van der Waals surface area contributed by atoms with Crippen LogP contribution in [0.25, 0.3) is 0 Å². The van der Waals surface area contributed by atoms with E-state index in [1.54, 1.807) is 6.26 Å². The number of hydrogen-bond acceptors (Lipinski definition) is 3. The summed E-state index contributed by atoms with van der Waals surface area (Å²) in [6.45, 7) is 6.31. The van der Waals surface area contributed by atoms with Gasteiger partial charge in [0.2, 0.25) is 0 Å². The topological polar surface area (TPSA) is 42.7 Å². The lowest BCUT2D eigenvalue weighted by Gasteiger charge is -2.26. The molecule has 0 unspecified atom stereocenters. The van der Waals surface area contributed by atoms with Gasteiger partial charge in [-0.25, -0.2) is 0 Å². The second-order valence-corrected chi connectivity index (χ2v) is 3.75. The van der Waals surface area contributed by atoms with Crippen molar-refractivity contribution < 1.29 is 13.9 Å². The molecule has 2 rings (SSSR count). The average molecular weight is 209 g/mol. The average Bonchev–Trinajstić information content (AvgIpc) is 2.59. The van der Waals surface area contributed by atoms with Crippen LogP contribution in [0.1, 0.15) is 21.7 Å². The van der Waals surface area contributed by atoms with Gasteiger partial charge in [-0.15, -0.1) is 0 Å². The molecule has 0 atom stereocenters. The first-order valence-corrected chi connectivity index (χ1v) is 5.12. The predicted octanol–water partition coefficient (Wildman–Crippen LogP) is 1.37. The van der Waals surface area contributed by atoms with E-state index in [-0.39, 0.29) is 5.91 Å². The minimum atomic E-state index is 0.0575. The number of hydrogen-bond donors (Lipinski definition) is 0. The fourth-order valence-corrected chi connectivity index (χ4v) is 1.82. The summed E-state index contributed by atoms with van der Waals surface area (Å²) in [4.78, 5) is 13.9. The third-order valence-electron chi connectivity index (χ3n) is 2.67. The third kappa shape index (κ3) is 1.90. The Kier molecular flexibility index (Phi) is 2.77. The van der Waals surface area contributed by atoms with Crippen LogP contribution in [0.5, 0.6) is 0 Å². The molecule has 0 aromatic carbocycles. The fraction of sp³-hybridized carbons (Fsp3) is 0.545. The van der Waals surface area contributed by atoms with Crippen LogP contribution in [-0.4, -0.2) is 37.1 Å². The molecule has 82 valence electrons. The van der Waals surface area contributed by atoms with Crippen molar-refractivity contribution in [1.29, 1.82) is 0 Å². The monoisotopic (exact) mass is 209 g/mol. The van der Waals surface area contributed by atoms with Crippen LogP contribution in [0.4, 0.5) is 0 Å². The van der Waals surface area contributed by atoms with Gasteiger partial charge in [0.15, 0.2) is 0 Å². The first-order valence-electron chi connectivity index (χ1n) is 5.12. The van der Waals surface area contributed by atoms with Gasteiger partial charge in [0.05, 0.1) is 25.0 Å². The predicted molar refractivity (Wildman–Crippen MR) is 54.9 cm³/mol. The summed E-state index contributed by atoms with van der Waals surface area (Å²) < 4.78 is 10.4. The van der Waals surface area contributed by atoms with Crippen molar-refractivity contribution in [3.63, 3.8) is 0 Å². The number of furan rings is 1. The molecule has 0 spiro atoms. The van der Waals surface area contributed by atoms with Crippen molar-refractivity contribution in [2.24, 2.45) is 0 Å². The van der Waals surface area contributed by atoms with Gasteiger partial charge in [-0.2, -0.15) is 0 Å². The van der Waals surface area contributed by atoms with Crippen LogP contribution in [0.2, 0.25) is 0 Å². The van der Waals surface area contributed by atoms with E-state index < -0.39 is 0 Å². The molecular weight excluding hydrogens is 194 g/mol. The number of nitrogens with zero attached hydrogens (tertiary/aromatic N) is 1. The lowest BCUT2D eigenvalue weighted by molar-refractivity contribution is 0.0301. The van der Waals surface area contributed by atoms with Crippen molar-refractivity contribution in [3.8, 4) is 0 Å². The van der Waals surface area contributed by atoms with E-state index in [0.717, 1.165) is 5.56 Å². The van der Waals surface area contributed by atoms with Gasteiger partial charge in [-0.3, -0.25) is 4.79 Å². The minimum Gasteiger partial charge on any atom is -0.469 e. The number of carbonyl (C=O) groups is 1. The zero-order chi connectivity index (χ0) is 10.8. The first-order chi connectivity index (χ1) is 7.20. The molecule has 0 N–H and O–H groups in total. The van der Waals surface area contributed by atoms with Gasteiger partial charge in [0, 0.05) is 18.7 Å². The number of morpholine rings is 1. The van der Waals surface area contributed by atoms with Crippen LogP contribution < -0.4 is 0 Å². The van der Waals surface area contributed by atoms with Crippen LogP contribution in [0.3, 0.4) is 0 Å². The molecule has 1 aliphatic rings. The Morgan fingerprint density at radius 1 is 1.33 bits per heavy atom. The van der Waals surface area contributed by atoms with Crippen LogP contribution in [0, 0.1) is 13.8 Å². The maximum absolute atomic E-state index is 12.1. The summed E-state index contributed by atoms with van der Waals surface area (Å²) in [5.74, 6) is 0.756. The van der Waals surface area contributed by atoms with E-state index in [9.17, 15) is 4.79 Å². The van der Waals surface area contributed by atoms with Gasteiger partial charge in [-0.05, 0) is 13.8 Å². The third-order valence-corrected chi connectivity index (χ3v) is 2.67. The quantitative estimate of drug-likeness (QED) is 0.701. The first kappa shape index (κ1) is 10.2. The maximum Gasteiger partial charge on any atom is 0.257 e. The SMILES string of the molecule is Cc1coc(C)c1C(=O)N1CCOCC1. The molecule has 1 aliphatic heterocycles. The summed E-state index contributed by atoms with van der Waals surface area (Å²) in [6.07, 6.45) is 1.63. The fourth-order valence-electron chi connectivity index (χ4n) is 1.82. The lowest BCUT2D eigenvalue weighted by atomic mass is 10.1. The Balaban J connectivity index is 2.19. The van der Waals surface area contributed by atoms with Crippen molar-refractivity contribution >= 4 is 5.91 Å². The highest BCUT2D eigenvalue weighted by Gasteiger charge is 2.23. The summed E-state index contributed by atoms with van der Waals surface area (Å²) in [6, 6.07) is 0. The smallest absolute Gasteiger partial charge is 0.257 e. The van der Waals surface area contributed by atoms with Crippen molar-refractivity contribution in [2.75, 3.05) is 26.3 Å². The van der Waals surface area contributed by atoms with Gasteiger partial charge in [0.25, 0.3) is 5.91 Å². The molecule has 1 fully saturated rings. The van der Waals surface area contributed by atoms with Crippen molar-refractivity contribution in [1.82, 2.24) is 4.90 Å². The van der Waals surface area contributed by atoms with E-state index in [0.29, 0.717) is 37.6 Å². The Hall–Kier alpha value is -1.29. The summed E-state index contributed by atoms with van der Waals surface area (Å²) >= 11 is 0. The van der Waals surface area contributed by atoms with Crippen LogP contribution in [0.15, 0.2) is 10.7 Å². The molecule has 0 bridgehead atoms. The molecule has 4 nitrogen and oxygen atoms in total. The normalized spacial score (nSPS) is 16.8. The lowest BCUT2D eigenvalue weighted by Crippen LogP contribution is -2.41. The number of amides is 1. The molecule has 15 heavy (non-hydrogen) atoms. The largest absolute Gasteiger partial charge is 0.469 e. The highest BCUT2D eigenvalue weighted by molar-refractivity contribution is 5.96. The van der Waals surface area contributed by atoms with E-state index in [4.69, 9.17) is 9.15 Å². The molecular formula is C11H15NO3. The summed E-state index contributed by atoms with van der Waals surface area (Å²) in [5.41, 5.74) is 1.61. The zero-order valence-corrected chi connectivity index (χ0v) is 9.08. The van der Waals surface area contributed by atoms with E-state index in [2.05, 4.69) is 0 Å². The highest BCUT2D eigenvalue weighted by Crippen LogP contribution is 2.18. The molecule has 0 aliphatic carbocycles. The Morgan fingerprint density at radius 2 is 2.00 bits per heavy atom. The molecule has 1 saturated heterocycles. The second-order valence-electron chi connectivity index (χ2n) is 3.75. The molecule has 1 aromatic rings. The number of aryl methyl sites for hydroxylation is 2. The summed E-state index contributed by atoms with van der Waals surface area (Å²) in [5, 5.41) is 0. The van der Waals surface area contributed by atoms with Crippen LogP contribution >= 0.6 is 0 Å². The maximum atomic E-state index is 12.1. The Bertz CT molecular complexity index is 344. The number of rotatable bonds is 1. The highest BCUT2D eigenvalue weighted by atomic mass is 16.5. The molecule has 0 saturated carbocycles. The Labute approximate surface area is 88.8 Å². The van der Waals surface area contributed by atoms with Crippen molar-refractivity contribution in [2.45, 2.75) is 13.8 Å². The minimum absolute atomic E-state index is 0.0575. The second kappa shape index (κ2) is 4.06. The van der Waals surface area contributed by atoms with Gasteiger partial charge < -0.3 is 14.1 Å². The Morgan fingerprint density at radius 3 is 2.53 bits per heavy atom. The van der Waals surface area contributed by atoms with Gasteiger partial charge in [-0.1, -0.05) is 0 Å². The molecule has 0 radical (unpaired) electrons. The molecule has 2 heterocycles. The molecule has 1 amide bonds.